The van der Waals surface area contributed by atoms with Crippen LogP contribution in [0.4, 0.5) is 0 Å². The lowest BCUT2D eigenvalue weighted by Crippen LogP contribution is -2.55. The molecule has 98 valence electrons. The highest BCUT2D eigenvalue weighted by Gasteiger charge is 2.35. The molecule has 18 heavy (non-hydrogen) atoms. The first-order valence-electron chi connectivity index (χ1n) is 7.28. The molecule has 0 radical (unpaired) electrons. The van der Waals surface area contributed by atoms with Gasteiger partial charge in [-0.2, -0.15) is 0 Å². The zero-order valence-corrected chi connectivity index (χ0v) is 11.4. The highest BCUT2D eigenvalue weighted by atomic mass is 15.2. The molecule has 0 bridgehead atoms. The summed E-state index contributed by atoms with van der Waals surface area (Å²) in [5, 5.41) is 3.84. The Kier molecular flexibility index (Phi) is 3.40. The minimum Gasteiger partial charge on any atom is -0.307 e. The van der Waals surface area contributed by atoms with Gasteiger partial charge < -0.3 is 5.32 Å². The van der Waals surface area contributed by atoms with E-state index in [0.717, 1.165) is 12.6 Å². The zero-order chi connectivity index (χ0) is 12.4. The van der Waals surface area contributed by atoms with E-state index >= 15 is 0 Å². The van der Waals surface area contributed by atoms with Crippen molar-refractivity contribution >= 4 is 0 Å². The van der Waals surface area contributed by atoms with E-state index in [4.69, 9.17) is 0 Å². The number of rotatable bonds is 4. The second-order valence-corrected chi connectivity index (χ2v) is 6.28. The van der Waals surface area contributed by atoms with E-state index in [1.165, 1.54) is 44.3 Å². The summed E-state index contributed by atoms with van der Waals surface area (Å²) in [6.45, 7) is 5.94. The second-order valence-electron chi connectivity index (χ2n) is 6.28. The highest BCUT2D eigenvalue weighted by molar-refractivity contribution is 5.14. The third kappa shape index (κ3) is 3.12. The van der Waals surface area contributed by atoms with Gasteiger partial charge >= 0.3 is 0 Å². The fourth-order valence-electron chi connectivity index (χ4n) is 3.16. The molecule has 0 spiro atoms. The Morgan fingerprint density at radius 2 is 2.06 bits per heavy atom. The first-order chi connectivity index (χ1) is 8.73. The Morgan fingerprint density at radius 1 is 1.28 bits per heavy atom. The van der Waals surface area contributed by atoms with Crippen LogP contribution in [-0.4, -0.2) is 29.6 Å². The monoisotopic (exact) mass is 244 g/mol. The summed E-state index contributed by atoms with van der Waals surface area (Å²) in [6.07, 6.45) is 5.42. The molecule has 0 amide bonds. The average Bonchev–Trinajstić information content (AvgIpc) is 3.13. The molecule has 1 aliphatic carbocycles. The molecule has 2 aliphatic rings. The van der Waals surface area contributed by atoms with Crippen LogP contribution in [0.2, 0.25) is 0 Å². The van der Waals surface area contributed by atoms with Gasteiger partial charge in [0.05, 0.1) is 0 Å². The van der Waals surface area contributed by atoms with Gasteiger partial charge in [-0.1, -0.05) is 30.3 Å². The quantitative estimate of drug-likeness (QED) is 0.876. The summed E-state index contributed by atoms with van der Waals surface area (Å²) in [5.74, 6) is 0. The van der Waals surface area contributed by atoms with E-state index in [-0.39, 0.29) is 0 Å². The van der Waals surface area contributed by atoms with E-state index in [0.29, 0.717) is 5.54 Å². The minimum absolute atomic E-state index is 0.341. The number of hydrogen-bond acceptors (Lipinski definition) is 2. The van der Waals surface area contributed by atoms with E-state index in [1.54, 1.807) is 0 Å². The van der Waals surface area contributed by atoms with Crippen LogP contribution in [0.3, 0.4) is 0 Å². The number of nitrogens with one attached hydrogen (secondary N) is 1. The molecule has 1 atom stereocenters. The smallest absolute Gasteiger partial charge is 0.0283 e. The summed E-state index contributed by atoms with van der Waals surface area (Å²) >= 11 is 0. The molecule has 2 nitrogen and oxygen atoms in total. The topological polar surface area (TPSA) is 15.3 Å². The predicted octanol–water partition coefficient (Wildman–Crippen LogP) is 2.79. The van der Waals surface area contributed by atoms with E-state index < -0.39 is 0 Å². The summed E-state index contributed by atoms with van der Waals surface area (Å²) < 4.78 is 0. The molecule has 1 saturated heterocycles. The minimum atomic E-state index is 0.341. The van der Waals surface area contributed by atoms with Crippen LogP contribution in [0.15, 0.2) is 30.3 Å². The Labute approximate surface area is 110 Å². The van der Waals surface area contributed by atoms with Crippen molar-refractivity contribution in [3.63, 3.8) is 0 Å². The van der Waals surface area contributed by atoms with E-state index in [2.05, 4.69) is 47.5 Å². The largest absolute Gasteiger partial charge is 0.307 e. The summed E-state index contributed by atoms with van der Waals surface area (Å²) in [7, 11) is 0. The molecule has 1 aromatic carbocycles. The molecule has 0 aromatic heterocycles. The van der Waals surface area contributed by atoms with Crippen molar-refractivity contribution in [3.05, 3.63) is 35.9 Å². The van der Waals surface area contributed by atoms with Crippen LogP contribution in [-0.2, 0) is 6.54 Å². The van der Waals surface area contributed by atoms with Gasteiger partial charge in [0.25, 0.3) is 0 Å². The molecular formula is C16H24N2. The highest BCUT2D eigenvalue weighted by Crippen LogP contribution is 2.28. The van der Waals surface area contributed by atoms with Gasteiger partial charge in [-0.25, -0.2) is 0 Å². The number of piperidine rings is 1. The summed E-state index contributed by atoms with van der Waals surface area (Å²) in [4.78, 5) is 2.61. The van der Waals surface area contributed by atoms with Crippen LogP contribution in [0.1, 0.15) is 38.2 Å². The molecule has 1 aromatic rings. The molecule has 1 aliphatic heterocycles. The fourth-order valence-corrected chi connectivity index (χ4v) is 3.16. The Bertz CT molecular complexity index is 385. The molecular weight excluding hydrogens is 220 g/mol. The van der Waals surface area contributed by atoms with Gasteiger partial charge in [0.1, 0.15) is 0 Å². The second kappa shape index (κ2) is 5.02. The van der Waals surface area contributed by atoms with Crippen LogP contribution in [0, 0.1) is 0 Å². The Balaban J connectivity index is 1.59. The van der Waals surface area contributed by atoms with Crippen molar-refractivity contribution in [3.8, 4) is 0 Å². The lowest BCUT2D eigenvalue weighted by Gasteiger charge is -2.41. The third-order valence-corrected chi connectivity index (χ3v) is 4.15. The van der Waals surface area contributed by atoms with Gasteiger partial charge in [0.2, 0.25) is 0 Å². The van der Waals surface area contributed by atoms with E-state index in [9.17, 15) is 0 Å². The van der Waals surface area contributed by atoms with Crippen molar-refractivity contribution in [2.75, 3.05) is 13.1 Å². The van der Waals surface area contributed by atoms with Crippen molar-refractivity contribution in [2.45, 2.75) is 50.7 Å². The average molecular weight is 244 g/mol. The van der Waals surface area contributed by atoms with Crippen LogP contribution in [0.25, 0.3) is 0 Å². The van der Waals surface area contributed by atoms with Crippen LogP contribution in [0.5, 0.6) is 0 Å². The van der Waals surface area contributed by atoms with Gasteiger partial charge in [-0.15, -0.1) is 0 Å². The number of benzene rings is 1. The third-order valence-electron chi connectivity index (χ3n) is 4.15. The zero-order valence-electron chi connectivity index (χ0n) is 11.4. The van der Waals surface area contributed by atoms with Gasteiger partial charge in [0, 0.05) is 24.7 Å². The number of likely N-dealkylation sites (tertiary alicyclic amines) is 1. The maximum atomic E-state index is 3.84. The summed E-state index contributed by atoms with van der Waals surface area (Å²) in [5.41, 5.74) is 1.78. The molecule has 1 saturated carbocycles. The van der Waals surface area contributed by atoms with Crippen molar-refractivity contribution in [2.24, 2.45) is 0 Å². The number of hydrogen-bond donors (Lipinski definition) is 1. The molecule has 1 N–H and O–H groups in total. The first kappa shape index (κ1) is 12.2. The molecule has 3 rings (SSSR count). The Morgan fingerprint density at radius 3 is 2.78 bits per heavy atom. The predicted molar refractivity (Wildman–Crippen MR) is 75.5 cm³/mol. The van der Waals surface area contributed by atoms with Gasteiger partial charge in [0.15, 0.2) is 0 Å². The van der Waals surface area contributed by atoms with Crippen molar-refractivity contribution in [1.82, 2.24) is 10.2 Å². The SMILES string of the molecule is C[C@]1(NC2CC2)CCCN(Cc2ccccc2)C1. The maximum Gasteiger partial charge on any atom is 0.0283 e. The van der Waals surface area contributed by atoms with Crippen LogP contribution < -0.4 is 5.32 Å². The standard InChI is InChI=1S/C16H24N2/c1-16(17-15-8-9-15)10-5-11-18(13-16)12-14-6-3-2-4-7-14/h2-4,6-7,15,17H,5,8-13H2,1H3/t16-/m0/s1. The Hall–Kier alpha value is -0.860. The number of nitrogens with zero attached hydrogens (tertiary/aromatic N) is 1. The van der Waals surface area contributed by atoms with Gasteiger partial charge in [-0.05, 0) is 44.7 Å². The van der Waals surface area contributed by atoms with Crippen molar-refractivity contribution < 1.29 is 0 Å². The fraction of sp³-hybridized carbons (Fsp3) is 0.625. The molecule has 2 heteroatoms. The molecule has 2 fully saturated rings. The normalized spacial score (nSPS) is 29.4. The van der Waals surface area contributed by atoms with Crippen LogP contribution >= 0.6 is 0 Å². The lowest BCUT2D eigenvalue weighted by atomic mass is 9.90. The summed E-state index contributed by atoms with van der Waals surface area (Å²) in [6, 6.07) is 11.7. The lowest BCUT2D eigenvalue weighted by molar-refractivity contribution is 0.125. The maximum absolute atomic E-state index is 3.84. The first-order valence-corrected chi connectivity index (χ1v) is 7.28. The van der Waals surface area contributed by atoms with E-state index in [1.807, 2.05) is 0 Å². The van der Waals surface area contributed by atoms with Gasteiger partial charge in [-0.3, -0.25) is 4.90 Å². The van der Waals surface area contributed by atoms with Crippen molar-refractivity contribution in [1.29, 1.82) is 0 Å². The molecule has 1 heterocycles. The molecule has 0 unspecified atom stereocenters.